The molecular formula is C15H16FN3O3S. The number of benzene rings is 1. The van der Waals surface area contributed by atoms with Gasteiger partial charge in [-0.2, -0.15) is 0 Å². The Bertz CT molecular complexity index is 801. The third-order valence-electron chi connectivity index (χ3n) is 3.29. The molecule has 0 aliphatic carbocycles. The molecule has 6 nitrogen and oxygen atoms in total. The van der Waals surface area contributed by atoms with Crippen LogP contribution in [0.4, 0.5) is 10.1 Å². The first-order valence-corrected chi connectivity index (χ1v) is 8.06. The number of nitrogens with one attached hydrogen (secondary N) is 1. The third kappa shape index (κ3) is 3.47. The summed E-state index contributed by atoms with van der Waals surface area (Å²) in [6.45, 7) is 5.25. The smallest absolute Gasteiger partial charge is 0.221 e. The molecule has 8 heteroatoms. The molecule has 0 spiro atoms. The number of anilines is 1. The lowest BCUT2D eigenvalue weighted by atomic mass is 10.1. The van der Waals surface area contributed by atoms with Crippen molar-refractivity contribution in [2.45, 2.75) is 38.5 Å². The van der Waals surface area contributed by atoms with Crippen LogP contribution in [-0.4, -0.2) is 21.7 Å². The van der Waals surface area contributed by atoms with E-state index in [0.717, 1.165) is 11.5 Å². The van der Waals surface area contributed by atoms with Gasteiger partial charge in [0.15, 0.2) is 5.58 Å². The molecule has 1 aliphatic rings. The fourth-order valence-corrected chi connectivity index (χ4v) is 3.28. The molecule has 1 aromatic heterocycles. The quantitative estimate of drug-likeness (QED) is 0.925. The molecular weight excluding hydrogens is 321 g/mol. The Hall–Kier alpha value is -2.09. The van der Waals surface area contributed by atoms with Crippen LogP contribution in [0.3, 0.4) is 0 Å². The summed E-state index contributed by atoms with van der Waals surface area (Å²) in [5, 5.41) is 11.9. The Labute approximate surface area is 136 Å². The summed E-state index contributed by atoms with van der Waals surface area (Å²) in [5.74, 6) is -0.366. The highest BCUT2D eigenvalue weighted by Gasteiger charge is 2.29. The minimum Gasteiger partial charge on any atom is -0.389 e. The summed E-state index contributed by atoms with van der Waals surface area (Å²) in [7, 11) is 0. The Kier molecular flexibility index (Phi) is 4.01. The van der Waals surface area contributed by atoms with E-state index < -0.39 is 5.82 Å². The first-order valence-electron chi connectivity index (χ1n) is 7.07. The second kappa shape index (κ2) is 5.84. The Morgan fingerprint density at radius 1 is 1.48 bits per heavy atom. The number of fused-ring (bicyclic) bond motifs is 1. The number of rotatable bonds is 3. The van der Waals surface area contributed by atoms with E-state index in [1.54, 1.807) is 0 Å². The molecule has 0 bridgehead atoms. The molecule has 1 amide bonds. The van der Waals surface area contributed by atoms with Crippen molar-refractivity contribution in [2.24, 2.45) is 5.16 Å². The maximum atomic E-state index is 14.0. The van der Waals surface area contributed by atoms with Gasteiger partial charge >= 0.3 is 0 Å². The number of oxime groups is 1. The van der Waals surface area contributed by atoms with Crippen LogP contribution in [0.25, 0.3) is 11.0 Å². The van der Waals surface area contributed by atoms with Crippen LogP contribution in [0.1, 0.15) is 32.9 Å². The van der Waals surface area contributed by atoms with Gasteiger partial charge < -0.3 is 14.7 Å². The fraction of sp³-hybridized carbons (Fsp3) is 0.400. The number of hydrogen-bond donors (Lipinski definition) is 1. The van der Waals surface area contributed by atoms with E-state index in [0.29, 0.717) is 22.4 Å². The second-order valence-electron chi connectivity index (χ2n) is 5.94. The standard InChI is InChI=1S/C15H16FN3O3S/c1-8(20)17-11-5-13-9(4-10(11)16)12(18-21-13)7-23-14-6-15(2,3)22-19-14/h4-5H,6-7H2,1-3H3,(H,17,20). The van der Waals surface area contributed by atoms with Gasteiger partial charge in [0, 0.05) is 30.6 Å². The maximum absolute atomic E-state index is 14.0. The van der Waals surface area contributed by atoms with Gasteiger partial charge in [0.1, 0.15) is 22.2 Å². The summed E-state index contributed by atoms with van der Waals surface area (Å²) in [5.41, 5.74) is 0.852. The normalized spacial score (nSPS) is 16.3. The largest absolute Gasteiger partial charge is 0.389 e. The lowest BCUT2D eigenvalue weighted by Gasteiger charge is -2.12. The van der Waals surface area contributed by atoms with Gasteiger partial charge in [-0.15, -0.1) is 11.8 Å². The molecule has 2 heterocycles. The molecule has 0 unspecified atom stereocenters. The topological polar surface area (TPSA) is 76.7 Å². The molecule has 2 aromatic rings. The number of halogens is 1. The van der Waals surface area contributed by atoms with Crippen LogP contribution in [-0.2, 0) is 15.4 Å². The number of amides is 1. The lowest BCUT2D eigenvalue weighted by Crippen LogP contribution is -2.18. The van der Waals surface area contributed by atoms with Crippen molar-refractivity contribution in [3.8, 4) is 0 Å². The summed E-state index contributed by atoms with van der Waals surface area (Å²) in [4.78, 5) is 16.4. The molecule has 1 aliphatic heterocycles. The van der Waals surface area contributed by atoms with Crippen molar-refractivity contribution in [1.82, 2.24) is 5.16 Å². The van der Waals surface area contributed by atoms with E-state index in [-0.39, 0.29) is 17.2 Å². The highest BCUT2D eigenvalue weighted by Crippen LogP contribution is 2.32. The zero-order valence-corrected chi connectivity index (χ0v) is 13.8. The average molecular weight is 337 g/mol. The van der Waals surface area contributed by atoms with Gasteiger partial charge in [-0.25, -0.2) is 4.39 Å². The predicted octanol–water partition coefficient (Wildman–Crippen LogP) is 3.67. The van der Waals surface area contributed by atoms with Crippen molar-refractivity contribution in [3.63, 3.8) is 0 Å². The number of aromatic nitrogens is 1. The number of nitrogens with zero attached hydrogens (tertiary/aromatic N) is 2. The fourth-order valence-electron chi connectivity index (χ4n) is 2.23. The van der Waals surface area contributed by atoms with E-state index in [4.69, 9.17) is 9.36 Å². The van der Waals surface area contributed by atoms with Gasteiger partial charge in [-0.1, -0.05) is 10.3 Å². The Morgan fingerprint density at radius 3 is 2.91 bits per heavy atom. The van der Waals surface area contributed by atoms with Crippen LogP contribution in [0.5, 0.6) is 0 Å². The molecule has 23 heavy (non-hydrogen) atoms. The number of carbonyl (C=O) groups is 1. The van der Waals surface area contributed by atoms with Crippen molar-refractivity contribution in [1.29, 1.82) is 0 Å². The SMILES string of the molecule is CC(=O)Nc1cc2onc(CSC3=NOC(C)(C)C3)c2cc1F. The van der Waals surface area contributed by atoms with Gasteiger partial charge in [-0.3, -0.25) is 4.79 Å². The van der Waals surface area contributed by atoms with E-state index in [9.17, 15) is 9.18 Å². The molecule has 0 atom stereocenters. The maximum Gasteiger partial charge on any atom is 0.221 e. The number of hydrogen-bond acceptors (Lipinski definition) is 6. The molecule has 122 valence electrons. The van der Waals surface area contributed by atoms with E-state index in [2.05, 4.69) is 15.6 Å². The summed E-state index contributed by atoms with van der Waals surface area (Å²) < 4.78 is 19.3. The van der Waals surface area contributed by atoms with Gasteiger partial charge in [0.2, 0.25) is 5.91 Å². The van der Waals surface area contributed by atoms with Crippen molar-refractivity contribution >= 4 is 39.4 Å². The van der Waals surface area contributed by atoms with Gasteiger partial charge in [0.25, 0.3) is 0 Å². The zero-order valence-electron chi connectivity index (χ0n) is 13.0. The molecule has 0 saturated heterocycles. The molecule has 0 fully saturated rings. The molecule has 1 N–H and O–H groups in total. The van der Waals surface area contributed by atoms with E-state index >= 15 is 0 Å². The van der Waals surface area contributed by atoms with Crippen molar-refractivity contribution in [2.75, 3.05) is 5.32 Å². The average Bonchev–Trinajstić information content (AvgIpc) is 2.99. The summed E-state index contributed by atoms with van der Waals surface area (Å²) in [6.07, 6.45) is 0.731. The van der Waals surface area contributed by atoms with Crippen LogP contribution < -0.4 is 5.32 Å². The second-order valence-corrected chi connectivity index (χ2v) is 6.99. The molecule has 0 saturated carbocycles. The first kappa shape index (κ1) is 15.8. The first-order chi connectivity index (χ1) is 10.8. The Morgan fingerprint density at radius 2 is 2.26 bits per heavy atom. The van der Waals surface area contributed by atoms with Crippen LogP contribution in [0, 0.1) is 5.82 Å². The van der Waals surface area contributed by atoms with Gasteiger partial charge in [-0.05, 0) is 19.9 Å². The van der Waals surface area contributed by atoms with E-state index in [1.165, 1.54) is 30.8 Å². The summed E-state index contributed by atoms with van der Waals surface area (Å²) in [6, 6.07) is 2.76. The lowest BCUT2D eigenvalue weighted by molar-refractivity contribution is -0.114. The minimum atomic E-state index is -0.523. The highest BCUT2D eigenvalue weighted by atomic mass is 32.2. The zero-order chi connectivity index (χ0) is 16.6. The number of thioether (sulfide) groups is 1. The minimum absolute atomic E-state index is 0.0793. The Balaban J connectivity index is 1.77. The van der Waals surface area contributed by atoms with Crippen LogP contribution in [0.15, 0.2) is 21.8 Å². The van der Waals surface area contributed by atoms with Crippen LogP contribution in [0.2, 0.25) is 0 Å². The van der Waals surface area contributed by atoms with Gasteiger partial charge in [0.05, 0.1) is 5.69 Å². The van der Waals surface area contributed by atoms with Crippen molar-refractivity contribution in [3.05, 3.63) is 23.6 Å². The molecule has 1 aromatic carbocycles. The number of carbonyl (C=O) groups excluding carboxylic acids is 1. The molecule has 0 radical (unpaired) electrons. The predicted molar refractivity (Wildman–Crippen MR) is 86.8 cm³/mol. The highest BCUT2D eigenvalue weighted by molar-refractivity contribution is 8.13. The monoisotopic (exact) mass is 337 g/mol. The van der Waals surface area contributed by atoms with Crippen molar-refractivity contribution < 1.29 is 18.5 Å². The van der Waals surface area contributed by atoms with Crippen LogP contribution >= 0.6 is 11.8 Å². The van der Waals surface area contributed by atoms with E-state index in [1.807, 2.05) is 13.8 Å². The third-order valence-corrected chi connectivity index (χ3v) is 4.26. The molecule has 3 rings (SSSR count). The summed E-state index contributed by atoms with van der Waals surface area (Å²) >= 11 is 1.49.